The smallest absolute Gasteiger partial charge is 0.376 e. The van der Waals surface area contributed by atoms with Crippen molar-refractivity contribution in [2.24, 2.45) is 10.2 Å². The van der Waals surface area contributed by atoms with Crippen LogP contribution >= 0.6 is 23.2 Å². The molecule has 0 aliphatic heterocycles. The molecule has 0 spiro atoms. The zero-order chi connectivity index (χ0) is 22.5. The van der Waals surface area contributed by atoms with Crippen LogP contribution in [-0.4, -0.2) is 44.2 Å². The Hall–Kier alpha value is -2.34. The number of amidine groups is 1. The van der Waals surface area contributed by atoms with Crippen LogP contribution in [0.3, 0.4) is 0 Å². The summed E-state index contributed by atoms with van der Waals surface area (Å²) in [5.41, 5.74) is -4.31. The van der Waals surface area contributed by atoms with Gasteiger partial charge in [0.2, 0.25) is 5.29 Å². The van der Waals surface area contributed by atoms with Crippen LogP contribution in [-0.2, 0) is 15.0 Å². The zero-order valence-corrected chi connectivity index (χ0v) is 17.7. The van der Waals surface area contributed by atoms with E-state index in [1.807, 2.05) is 0 Å². The molecule has 2 aromatic rings. The van der Waals surface area contributed by atoms with Gasteiger partial charge in [0.25, 0.3) is 0 Å². The number of rotatable bonds is 6. The Morgan fingerprint density at radius 1 is 1.00 bits per heavy atom. The summed E-state index contributed by atoms with van der Waals surface area (Å²) in [7, 11) is -2.91. The number of hydroxylamine groups is 2. The lowest BCUT2D eigenvalue weighted by Crippen LogP contribution is -2.28. The van der Waals surface area contributed by atoms with Gasteiger partial charge in [0, 0.05) is 23.2 Å². The maximum atomic E-state index is 12.5. The van der Waals surface area contributed by atoms with Gasteiger partial charge >= 0.3 is 15.6 Å². The largest absolute Gasteiger partial charge is 0.534 e. The summed E-state index contributed by atoms with van der Waals surface area (Å²) in [5.74, 6) is -0.521. The molecule has 0 aliphatic rings. The van der Waals surface area contributed by atoms with Crippen molar-refractivity contribution < 1.29 is 30.6 Å². The molecule has 13 heteroatoms. The number of hydrogen-bond donors (Lipinski definition) is 0. The van der Waals surface area contributed by atoms with Crippen molar-refractivity contribution in [3.8, 4) is 5.75 Å². The second kappa shape index (κ2) is 9.65. The molecule has 0 amide bonds. The van der Waals surface area contributed by atoms with E-state index in [1.165, 1.54) is 26.3 Å². The first-order chi connectivity index (χ1) is 13.9. The lowest BCUT2D eigenvalue weighted by atomic mass is 10.0. The summed E-state index contributed by atoms with van der Waals surface area (Å²) < 4.78 is 63.7. The van der Waals surface area contributed by atoms with Crippen molar-refractivity contribution in [3.05, 3.63) is 64.7 Å². The number of hydrogen-bond acceptors (Lipinski definition) is 6. The van der Waals surface area contributed by atoms with E-state index in [2.05, 4.69) is 14.4 Å². The van der Waals surface area contributed by atoms with Crippen molar-refractivity contribution in [2.75, 3.05) is 14.2 Å². The molecule has 0 saturated heterocycles. The van der Waals surface area contributed by atoms with Crippen molar-refractivity contribution in [3.63, 3.8) is 0 Å². The van der Waals surface area contributed by atoms with Gasteiger partial charge in [0.15, 0.2) is 0 Å². The second-order valence-corrected chi connectivity index (χ2v) is 7.82. The summed E-state index contributed by atoms with van der Waals surface area (Å²) >= 11 is 11.8. The van der Waals surface area contributed by atoms with Gasteiger partial charge in [0.05, 0.1) is 7.11 Å². The molecule has 30 heavy (non-hydrogen) atoms. The van der Waals surface area contributed by atoms with Crippen LogP contribution in [0.25, 0.3) is 0 Å². The first-order valence-corrected chi connectivity index (χ1v) is 10.1. The zero-order valence-electron chi connectivity index (χ0n) is 15.4. The molecular weight excluding hydrogens is 470 g/mol. The monoisotopic (exact) mass is 483 g/mol. The van der Waals surface area contributed by atoms with Crippen LogP contribution < -0.4 is 4.18 Å². The van der Waals surface area contributed by atoms with E-state index < -0.39 is 21.4 Å². The van der Waals surface area contributed by atoms with Crippen molar-refractivity contribution in [1.82, 2.24) is 5.06 Å². The molecule has 0 atom stereocenters. The maximum Gasteiger partial charge on any atom is 0.534 e. The lowest BCUT2D eigenvalue weighted by Gasteiger charge is -2.12. The molecule has 2 rings (SSSR count). The SMILES string of the molecule is CON(C)C(Cl)=NN=C(c1ccc(Cl)cc1)c1ccc(OS(=O)(=O)C(F)(F)F)cc1. The molecule has 162 valence electrons. The van der Waals surface area contributed by atoms with Gasteiger partial charge in [-0.05, 0) is 48.0 Å². The third-order valence-corrected chi connectivity index (χ3v) is 5.05. The fraction of sp³-hybridized carbons (Fsp3) is 0.176. The van der Waals surface area contributed by atoms with Gasteiger partial charge in [0.1, 0.15) is 11.5 Å². The predicted octanol–water partition coefficient (Wildman–Crippen LogP) is 4.41. The average Bonchev–Trinajstić information content (AvgIpc) is 2.68. The van der Waals surface area contributed by atoms with Gasteiger partial charge in [-0.1, -0.05) is 23.7 Å². The number of nitrogens with zero attached hydrogens (tertiary/aromatic N) is 3. The quantitative estimate of drug-likeness (QED) is 0.152. The van der Waals surface area contributed by atoms with E-state index in [0.717, 1.165) is 17.2 Å². The Balaban J connectivity index is 2.43. The number of alkyl halides is 3. The molecule has 0 heterocycles. The predicted molar refractivity (Wildman–Crippen MR) is 107 cm³/mol. The molecule has 0 saturated carbocycles. The maximum absolute atomic E-state index is 12.5. The minimum Gasteiger partial charge on any atom is -0.376 e. The molecule has 0 N–H and O–H groups in total. The Morgan fingerprint density at radius 3 is 1.97 bits per heavy atom. The summed E-state index contributed by atoms with van der Waals surface area (Å²) in [6.45, 7) is 0. The topological polar surface area (TPSA) is 80.6 Å². The summed E-state index contributed by atoms with van der Waals surface area (Å²) in [4.78, 5) is 4.88. The van der Waals surface area contributed by atoms with Crippen molar-refractivity contribution >= 4 is 44.3 Å². The summed E-state index contributed by atoms with van der Waals surface area (Å²) in [6, 6.07) is 11.2. The van der Waals surface area contributed by atoms with Gasteiger partial charge in [-0.2, -0.15) is 21.6 Å². The average molecular weight is 484 g/mol. The van der Waals surface area contributed by atoms with E-state index in [1.54, 1.807) is 24.3 Å². The molecule has 0 aliphatic carbocycles. The van der Waals surface area contributed by atoms with Crippen LogP contribution in [0, 0.1) is 0 Å². The van der Waals surface area contributed by atoms with Gasteiger partial charge in [-0.25, -0.2) is 5.06 Å². The lowest BCUT2D eigenvalue weighted by molar-refractivity contribution is -0.0500. The highest BCUT2D eigenvalue weighted by Crippen LogP contribution is 2.27. The third-order valence-electron chi connectivity index (χ3n) is 3.50. The highest BCUT2D eigenvalue weighted by molar-refractivity contribution is 7.88. The first-order valence-electron chi connectivity index (χ1n) is 7.90. The Bertz CT molecular complexity index is 1040. The van der Waals surface area contributed by atoms with E-state index in [9.17, 15) is 21.6 Å². The summed E-state index contributed by atoms with van der Waals surface area (Å²) in [5, 5.41) is 9.44. The Kier molecular flexibility index (Phi) is 7.70. The Labute approximate surface area is 180 Å². The van der Waals surface area contributed by atoms with Gasteiger partial charge in [-0.3, -0.25) is 4.84 Å². The molecular formula is C17H14Cl2F3N3O4S. The molecule has 0 aromatic heterocycles. The minimum absolute atomic E-state index is 0.0970. The van der Waals surface area contributed by atoms with Gasteiger partial charge in [-0.15, -0.1) is 10.2 Å². The highest BCUT2D eigenvalue weighted by Gasteiger charge is 2.48. The molecule has 0 bridgehead atoms. The highest BCUT2D eigenvalue weighted by atomic mass is 35.5. The molecule has 7 nitrogen and oxygen atoms in total. The minimum atomic E-state index is -5.78. The van der Waals surface area contributed by atoms with Crippen molar-refractivity contribution in [2.45, 2.75) is 5.51 Å². The molecule has 0 fully saturated rings. The number of benzene rings is 2. The van der Waals surface area contributed by atoms with Crippen LogP contribution in [0.4, 0.5) is 13.2 Å². The molecule has 2 aromatic carbocycles. The number of halogens is 5. The fourth-order valence-electron chi connectivity index (χ4n) is 1.96. The first kappa shape index (κ1) is 23.9. The standard InChI is InChI=1S/C17H14Cl2F3N3O4S/c1-25(28-2)16(19)24-23-15(11-3-7-13(18)8-4-11)12-5-9-14(10-6-12)29-30(26,27)17(20,21)22/h3-10H,1-2H3. The van der Waals surface area contributed by atoms with Gasteiger partial charge < -0.3 is 4.18 Å². The fourth-order valence-corrected chi connectivity index (χ4v) is 2.65. The van der Waals surface area contributed by atoms with E-state index in [0.29, 0.717) is 16.1 Å². The third kappa shape index (κ3) is 6.08. The Morgan fingerprint density at radius 2 is 1.50 bits per heavy atom. The van der Waals surface area contributed by atoms with Crippen molar-refractivity contribution in [1.29, 1.82) is 0 Å². The van der Waals surface area contributed by atoms with E-state index in [4.69, 9.17) is 28.0 Å². The summed E-state index contributed by atoms with van der Waals surface area (Å²) in [6.07, 6.45) is 0. The van der Waals surface area contributed by atoms with E-state index in [-0.39, 0.29) is 11.0 Å². The van der Waals surface area contributed by atoms with E-state index >= 15 is 0 Å². The van der Waals surface area contributed by atoms with Crippen LogP contribution in [0.5, 0.6) is 5.75 Å². The molecule has 0 unspecified atom stereocenters. The van der Waals surface area contributed by atoms with Crippen LogP contribution in [0.2, 0.25) is 5.02 Å². The van der Waals surface area contributed by atoms with Crippen LogP contribution in [0.1, 0.15) is 11.1 Å². The van der Waals surface area contributed by atoms with Crippen LogP contribution in [0.15, 0.2) is 58.7 Å². The second-order valence-electron chi connectivity index (χ2n) is 5.51. The molecule has 0 radical (unpaired) electrons. The normalized spacial score (nSPS) is 13.3.